The Labute approximate surface area is 267 Å². The molecule has 46 heavy (non-hydrogen) atoms. The zero-order chi connectivity index (χ0) is 31.6. The largest absolute Gasteiger partial charge is 0.488 e. The lowest BCUT2D eigenvalue weighted by atomic mass is 9.92. The first-order valence-electron chi connectivity index (χ1n) is 16.2. The molecule has 0 spiro atoms. The molecule has 2 fully saturated rings. The predicted molar refractivity (Wildman–Crippen MR) is 177 cm³/mol. The van der Waals surface area contributed by atoms with Crippen LogP contribution in [0, 0.1) is 5.92 Å². The van der Waals surface area contributed by atoms with Crippen molar-refractivity contribution in [3.8, 4) is 28.1 Å². The normalized spacial score (nSPS) is 21.0. The van der Waals surface area contributed by atoms with Crippen molar-refractivity contribution in [2.45, 2.75) is 64.3 Å². The van der Waals surface area contributed by atoms with Crippen LogP contribution in [-0.4, -0.2) is 63.3 Å². The van der Waals surface area contributed by atoms with Gasteiger partial charge in [0.2, 0.25) is 0 Å². The molecule has 5 aromatic rings. The average Bonchev–Trinajstić information content (AvgIpc) is 3.85. The lowest BCUT2D eigenvalue weighted by Gasteiger charge is -2.27. The Morgan fingerprint density at radius 3 is 2.78 bits per heavy atom. The maximum Gasteiger partial charge on any atom is 0.410 e. The molecule has 3 N–H and O–H groups in total. The van der Waals surface area contributed by atoms with E-state index in [1.54, 1.807) is 12.0 Å². The van der Waals surface area contributed by atoms with Gasteiger partial charge in [-0.1, -0.05) is 18.2 Å². The van der Waals surface area contributed by atoms with Crippen molar-refractivity contribution < 1.29 is 19.0 Å². The SMILES string of the molecule is COC[C@H]1C[C@@H](c2ncc(-c3ccc4c(c3)COc3cc5c(ccc6nc([C@@H]7CCCN7)[nH]c65)cc3-4)[nH]2)N(C(=O)OC(C)(C)C)C1. The van der Waals surface area contributed by atoms with Crippen molar-refractivity contribution in [2.24, 2.45) is 5.92 Å². The number of hydrogen-bond acceptors (Lipinski definition) is 7. The molecule has 0 radical (unpaired) electrons. The van der Waals surface area contributed by atoms with Crippen molar-refractivity contribution in [2.75, 3.05) is 26.8 Å². The van der Waals surface area contributed by atoms with E-state index in [2.05, 4.69) is 57.7 Å². The molecule has 2 aromatic heterocycles. The van der Waals surface area contributed by atoms with Crippen LogP contribution in [0.4, 0.5) is 4.79 Å². The molecular weight excluding hydrogens is 580 g/mol. The number of amides is 1. The zero-order valence-corrected chi connectivity index (χ0v) is 26.8. The molecule has 0 aliphatic carbocycles. The first-order chi connectivity index (χ1) is 22.2. The number of nitrogens with zero attached hydrogens (tertiary/aromatic N) is 3. The van der Waals surface area contributed by atoms with E-state index in [9.17, 15) is 4.79 Å². The number of methoxy groups -OCH3 is 1. The van der Waals surface area contributed by atoms with Crippen molar-refractivity contribution in [1.82, 2.24) is 30.2 Å². The molecule has 1 amide bonds. The molecule has 3 aliphatic heterocycles. The van der Waals surface area contributed by atoms with E-state index in [1.807, 2.05) is 27.0 Å². The third-order valence-corrected chi connectivity index (χ3v) is 9.40. The van der Waals surface area contributed by atoms with Crippen molar-refractivity contribution in [3.05, 3.63) is 65.9 Å². The summed E-state index contributed by atoms with van der Waals surface area (Å²) in [6, 6.07) is 15.2. The summed E-state index contributed by atoms with van der Waals surface area (Å²) in [6.45, 7) is 8.32. The minimum atomic E-state index is -0.576. The van der Waals surface area contributed by atoms with E-state index in [1.165, 1.54) is 12.0 Å². The number of carbonyl (C=O) groups is 1. The van der Waals surface area contributed by atoms with Gasteiger partial charge in [0.25, 0.3) is 0 Å². The number of hydrogen-bond donors (Lipinski definition) is 3. The van der Waals surface area contributed by atoms with Crippen LogP contribution in [0.15, 0.2) is 48.7 Å². The summed E-state index contributed by atoms with van der Waals surface area (Å²) in [5.74, 6) is 2.86. The number of fused-ring (bicyclic) bond motifs is 6. The molecule has 238 valence electrons. The van der Waals surface area contributed by atoms with Gasteiger partial charge in [0.15, 0.2) is 0 Å². The molecule has 3 aromatic carbocycles. The minimum absolute atomic E-state index is 0.211. The fraction of sp³-hybridized carbons (Fsp3) is 0.417. The van der Waals surface area contributed by atoms with E-state index >= 15 is 0 Å². The Kier molecular flexibility index (Phi) is 7.02. The van der Waals surface area contributed by atoms with Crippen LogP contribution < -0.4 is 10.1 Å². The smallest absolute Gasteiger partial charge is 0.410 e. The van der Waals surface area contributed by atoms with E-state index in [0.717, 1.165) is 81.0 Å². The van der Waals surface area contributed by atoms with E-state index in [-0.39, 0.29) is 24.1 Å². The molecule has 8 rings (SSSR count). The van der Waals surface area contributed by atoms with Gasteiger partial charge >= 0.3 is 6.09 Å². The quantitative estimate of drug-likeness (QED) is 0.193. The van der Waals surface area contributed by atoms with E-state index in [0.29, 0.717) is 19.8 Å². The number of likely N-dealkylation sites (tertiary alicyclic amines) is 1. The van der Waals surface area contributed by atoms with Crippen molar-refractivity contribution in [1.29, 1.82) is 0 Å². The first kappa shape index (κ1) is 29.0. The summed E-state index contributed by atoms with van der Waals surface area (Å²) in [5, 5.41) is 5.82. The second kappa shape index (κ2) is 11.1. The Bertz CT molecular complexity index is 1950. The van der Waals surface area contributed by atoms with Crippen molar-refractivity contribution in [3.63, 3.8) is 0 Å². The molecule has 0 bridgehead atoms. The van der Waals surface area contributed by atoms with E-state index in [4.69, 9.17) is 24.2 Å². The van der Waals surface area contributed by atoms with Gasteiger partial charge in [-0.3, -0.25) is 4.90 Å². The van der Waals surface area contributed by atoms with Gasteiger partial charge in [-0.25, -0.2) is 14.8 Å². The number of H-pyrrole nitrogens is 2. The summed E-state index contributed by atoms with van der Waals surface area (Å²) in [5.41, 5.74) is 6.76. The van der Waals surface area contributed by atoms with Crippen LogP contribution >= 0.6 is 0 Å². The number of rotatable bonds is 5. The van der Waals surface area contributed by atoms with E-state index < -0.39 is 5.60 Å². The molecular formula is C36H40N6O4. The number of nitrogens with one attached hydrogen (secondary N) is 3. The highest BCUT2D eigenvalue weighted by Gasteiger charge is 2.40. The third-order valence-electron chi connectivity index (χ3n) is 9.40. The van der Waals surface area contributed by atoms with Gasteiger partial charge in [-0.2, -0.15) is 0 Å². The lowest BCUT2D eigenvalue weighted by molar-refractivity contribution is 0.0208. The zero-order valence-electron chi connectivity index (χ0n) is 26.8. The van der Waals surface area contributed by atoms with Gasteiger partial charge in [0, 0.05) is 30.5 Å². The maximum atomic E-state index is 13.1. The Balaban J connectivity index is 1.08. The fourth-order valence-electron chi connectivity index (χ4n) is 7.28. The monoisotopic (exact) mass is 620 g/mol. The van der Waals surface area contributed by atoms with Crippen LogP contribution in [0.3, 0.4) is 0 Å². The maximum absolute atomic E-state index is 13.1. The van der Waals surface area contributed by atoms with Crippen LogP contribution in [-0.2, 0) is 16.1 Å². The van der Waals surface area contributed by atoms with Crippen molar-refractivity contribution >= 4 is 27.9 Å². The molecule has 2 saturated heterocycles. The lowest BCUT2D eigenvalue weighted by Crippen LogP contribution is -2.37. The molecule has 3 aliphatic rings. The summed E-state index contributed by atoms with van der Waals surface area (Å²) in [4.78, 5) is 31.7. The highest BCUT2D eigenvalue weighted by molar-refractivity contribution is 6.07. The highest BCUT2D eigenvalue weighted by atomic mass is 16.6. The summed E-state index contributed by atoms with van der Waals surface area (Å²) < 4.78 is 17.5. The molecule has 3 atom stereocenters. The number of aromatic amines is 2. The number of ether oxygens (including phenoxy) is 3. The minimum Gasteiger partial charge on any atom is -0.488 e. The molecule has 0 saturated carbocycles. The molecule has 0 unspecified atom stereocenters. The van der Waals surface area contributed by atoms with Crippen LogP contribution in [0.1, 0.15) is 69.3 Å². The first-order valence-corrected chi connectivity index (χ1v) is 16.2. The van der Waals surface area contributed by atoms with Crippen LogP contribution in [0.2, 0.25) is 0 Å². The topological polar surface area (TPSA) is 117 Å². The number of imidazole rings is 2. The second-order valence-corrected chi connectivity index (χ2v) is 13.8. The average molecular weight is 621 g/mol. The Hall–Kier alpha value is -4.41. The summed E-state index contributed by atoms with van der Waals surface area (Å²) in [7, 11) is 1.69. The Morgan fingerprint density at radius 1 is 1.09 bits per heavy atom. The molecule has 5 heterocycles. The van der Waals surface area contributed by atoms with Gasteiger partial charge in [-0.05, 0) is 92.9 Å². The molecule has 10 heteroatoms. The molecule has 10 nitrogen and oxygen atoms in total. The third kappa shape index (κ3) is 5.19. The predicted octanol–water partition coefficient (Wildman–Crippen LogP) is 7.03. The van der Waals surface area contributed by atoms with Gasteiger partial charge in [-0.15, -0.1) is 0 Å². The fourth-order valence-corrected chi connectivity index (χ4v) is 7.28. The van der Waals surface area contributed by atoms with Gasteiger partial charge in [0.1, 0.15) is 29.6 Å². The summed E-state index contributed by atoms with van der Waals surface area (Å²) >= 11 is 0. The highest BCUT2D eigenvalue weighted by Crippen LogP contribution is 2.43. The van der Waals surface area contributed by atoms with Crippen LogP contribution in [0.5, 0.6) is 5.75 Å². The number of aromatic nitrogens is 4. The van der Waals surface area contributed by atoms with Gasteiger partial charge in [0.05, 0.1) is 41.6 Å². The Morgan fingerprint density at radius 2 is 1.98 bits per heavy atom. The second-order valence-electron chi connectivity index (χ2n) is 13.8. The van der Waals surface area contributed by atoms with Crippen LogP contribution in [0.25, 0.3) is 44.2 Å². The number of carbonyl (C=O) groups excluding carboxylic acids is 1. The summed E-state index contributed by atoms with van der Waals surface area (Å²) in [6.07, 6.45) is 4.56. The standard InChI is InChI=1S/C36H40N6O4/c1-36(2,3)46-35(43)42-17-20(18-44-4)12-30(42)34-38-16-29(40-34)22-7-9-24-23(13-22)19-45-31-15-25-21(14-26(24)31)8-10-27-32(25)41-33(39-27)28-6-5-11-37-28/h7-10,13-16,20,28,30,37H,5-6,11-12,17-19H2,1-4H3,(H,38,40)(H,39,41)/t20-,28-,30-/m0/s1. The number of benzene rings is 3. The van der Waals surface area contributed by atoms with Gasteiger partial charge < -0.3 is 29.5 Å².